The molecule has 1 aromatic rings. The number of hydrogen-bond acceptors (Lipinski definition) is 3. The van der Waals surface area contributed by atoms with E-state index in [9.17, 15) is 4.79 Å². The zero-order valence-corrected chi connectivity index (χ0v) is 14.1. The number of thioether (sulfide) groups is 1. The van der Waals surface area contributed by atoms with E-state index in [1.807, 2.05) is 36.9 Å². The van der Waals surface area contributed by atoms with Crippen LogP contribution in [0.4, 0.5) is 5.69 Å². The van der Waals surface area contributed by atoms with Gasteiger partial charge in [0.05, 0.1) is 5.56 Å². The Bertz CT molecular complexity index is 490. The molecule has 3 nitrogen and oxygen atoms in total. The normalized spacial score (nSPS) is 21.9. The van der Waals surface area contributed by atoms with Gasteiger partial charge in [-0.15, -0.1) is 0 Å². The van der Waals surface area contributed by atoms with Gasteiger partial charge in [-0.25, -0.2) is 0 Å². The summed E-state index contributed by atoms with van der Waals surface area (Å²) in [5.74, 6) is 0.0527. The van der Waals surface area contributed by atoms with E-state index >= 15 is 0 Å². The first-order chi connectivity index (χ1) is 10.2. The molecule has 0 aromatic heterocycles. The van der Waals surface area contributed by atoms with E-state index in [-0.39, 0.29) is 5.91 Å². The summed E-state index contributed by atoms with van der Waals surface area (Å²) in [6, 6.07) is 6.28. The molecule has 1 amide bonds. The predicted molar refractivity (Wildman–Crippen MR) is 92.4 cm³/mol. The molecule has 0 heterocycles. The molecule has 1 fully saturated rings. The van der Waals surface area contributed by atoms with Gasteiger partial charge >= 0.3 is 0 Å². The topological polar surface area (TPSA) is 41.1 Å². The van der Waals surface area contributed by atoms with Gasteiger partial charge in [-0.05, 0) is 50.6 Å². The highest BCUT2D eigenvalue weighted by molar-refractivity contribution is 7.99. The van der Waals surface area contributed by atoms with Crippen molar-refractivity contribution in [3.05, 3.63) is 29.3 Å². The molecule has 1 saturated carbocycles. The van der Waals surface area contributed by atoms with Gasteiger partial charge in [0.25, 0.3) is 5.91 Å². The second-order valence-electron chi connectivity index (χ2n) is 5.72. The molecule has 0 radical (unpaired) electrons. The summed E-state index contributed by atoms with van der Waals surface area (Å²) in [5.41, 5.74) is 2.86. The third kappa shape index (κ3) is 4.16. The van der Waals surface area contributed by atoms with Gasteiger partial charge in [-0.3, -0.25) is 4.79 Å². The molecule has 1 aromatic carbocycles. The molecule has 116 valence electrons. The van der Waals surface area contributed by atoms with Crippen LogP contribution in [-0.2, 0) is 0 Å². The zero-order valence-electron chi connectivity index (χ0n) is 13.2. The monoisotopic (exact) mass is 306 g/mol. The summed E-state index contributed by atoms with van der Waals surface area (Å²) in [4.78, 5) is 12.6. The Morgan fingerprint density at radius 1 is 1.33 bits per heavy atom. The molecule has 2 N–H and O–H groups in total. The summed E-state index contributed by atoms with van der Waals surface area (Å²) in [6.07, 6.45) is 6.95. The van der Waals surface area contributed by atoms with Gasteiger partial charge in [0.15, 0.2) is 0 Å². The maximum absolute atomic E-state index is 12.6. The molecule has 2 unspecified atom stereocenters. The maximum Gasteiger partial charge on any atom is 0.253 e. The van der Waals surface area contributed by atoms with Crippen LogP contribution in [0.5, 0.6) is 0 Å². The Morgan fingerprint density at radius 3 is 2.81 bits per heavy atom. The minimum atomic E-state index is 0.0527. The summed E-state index contributed by atoms with van der Waals surface area (Å²) in [5, 5.41) is 7.10. The Kier molecular flexibility index (Phi) is 5.97. The number of benzene rings is 1. The summed E-state index contributed by atoms with van der Waals surface area (Å²) >= 11 is 1.88. The highest BCUT2D eigenvalue weighted by Gasteiger charge is 2.26. The van der Waals surface area contributed by atoms with E-state index in [0.29, 0.717) is 11.3 Å². The standard InChI is InChI=1S/C17H26N2OS/c1-4-18-15-11-12(2)9-10-13(15)17(20)19-14-7-5-6-8-16(14)21-3/h9-11,14,16,18H,4-8H2,1-3H3,(H,19,20). The van der Waals surface area contributed by atoms with Crippen molar-refractivity contribution >= 4 is 23.4 Å². The van der Waals surface area contributed by atoms with Crippen LogP contribution in [0.2, 0.25) is 0 Å². The summed E-state index contributed by atoms with van der Waals surface area (Å²) in [7, 11) is 0. The molecular formula is C17H26N2OS. The first kappa shape index (κ1) is 16.2. The molecule has 0 bridgehead atoms. The van der Waals surface area contributed by atoms with Crippen LogP contribution in [-0.4, -0.2) is 30.0 Å². The minimum Gasteiger partial charge on any atom is -0.385 e. The van der Waals surface area contributed by atoms with Crippen molar-refractivity contribution in [2.24, 2.45) is 0 Å². The van der Waals surface area contributed by atoms with Crippen LogP contribution in [0.1, 0.15) is 48.5 Å². The van der Waals surface area contributed by atoms with Crippen molar-refractivity contribution in [3.8, 4) is 0 Å². The maximum atomic E-state index is 12.6. The molecule has 4 heteroatoms. The Morgan fingerprint density at radius 2 is 2.10 bits per heavy atom. The van der Waals surface area contributed by atoms with Gasteiger partial charge < -0.3 is 10.6 Å². The number of hydrogen-bond donors (Lipinski definition) is 2. The highest BCUT2D eigenvalue weighted by Crippen LogP contribution is 2.28. The Labute approximate surface area is 132 Å². The molecule has 1 aliphatic rings. The zero-order chi connectivity index (χ0) is 15.2. The number of carbonyl (C=O) groups excluding carboxylic acids is 1. The van der Waals surface area contributed by atoms with Crippen LogP contribution < -0.4 is 10.6 Å². The Balaban J connectivity index is 2.12. The van der Waals surface area contributed by atoms with E-state index in [2.05, 4.69) is 23.8 Å². The van der Waals surface area contributed by atoms with E-state index < -0.39 is 0 Å². The fourth-order valence-electron chi connectivity index (χ4n) is 2.98. The lowest BCUT2D eigenvalue weighted by Gasteiger charge is -2.31. The molecule has 2 rings (SSSR count). The van der Waals surface area contributed by atoms with E-state index in [0.717, 1.165) is 24.2 Å². The number of anilines is 1. The van der Waals surface area contributed by atoms with E-state index in [4.69, 9.17) is 0 Å². The molecule has 0 spiro atoms. The van der Waals surface area contributed by atoms with Crippen molar-refractivity contribution in [2.75, 3.05) is 18.1 Å². The quantitative estimate of drug-likeness (QED) is 0.868. The van der Waals surface area contributed by atoms with Crippen LogP contribution in [0.15, 0.2) is 18.2 Å². The number of carbonyl (C=O) groups is 1. The fourth-order valence-corrected chi connectivity index (χ4v) is 3.92. The van der Waals surface area contributed by atoms with Crippen molar-refractivity contribution in [1.82, 2.24) is 5.32 Å². The number of rotatable bonds is 5. The third-order valence-electron chi connectivity index (χ3n) is 4.11. The van der Waals surface area contributed by atoms with Gasteiger partial charge in [-0.1, -0.05) is 18.9 Å². The average molecular weight is 306 g/mol. The SMILES string of the molecule is CCNc1cc(C)ccc1C(=O)NC1CCCCC1SC. The molecular weight excluding hydrogens is 280 g/mol. The van der Waals surface area contributed by atoms with Crippen molar-refractivity contribution in [3.63, 3.8) is 0 Å². The van der Waals surface area contributed by atoms with Crippen molar-refractivity contribution in [2.45, 2.75) is 50.8 Å². The van der Waals surface area contributed by atoms with Crippen LogP contribution in [0, 0.1) is 6.92 Å². The van der Waals surface area contributed by atoms with Gasteiger partial charge in [-0.2, -0.15) is 11.8 Å². The molecule has 2 atom stereocenters. The van der Waals surface area contributed by atoms with Gasteiger partial charge in [0, 0.05) is 23.5 Å². The smallest absolute Gasteiger partial charge is 0.253 e. The molecule has 1 aliphatic carbocycles. The van der Waals surface area contributed by atoms with Crippen LogP contribution in [0.3, 0.4) is 0 Å². The molecule has 21 heavy (non-hydrogen) atoms. The van der Waals surface area contributed by atoms with Crippen molar-refractivity contribution < 1.29 is 4.79 Å². The van der Waals surface area contributed by atoms with E-state index in [1.165, 1.54) is 24.8 Å². The van der Waals surface area contributed by atoms with Crippen molar-refractivity contribution in [1.29, 1.82) is 0 Å². The summed E-state index contributed by atoms with van der Waals surface area (Å²) < 4.78 is 0. The second-order valence-corrected chi connectivity index (χ2v) is 6.79. The highest BCUT2D eigenvalue weighted by atomic mass is 32.2. The van der Waals surface area contributed by atoms with Crippen LogP contribution >= 0.6 is 11.8 Å². The lowest BCUT2D eigenvalue weighted by Crippen LogP contribution is -2.43. The predicted octanol–water partition coefficient (Wildman–Crippen LogP) is 3.83. The van der Waals surface area contributed by atoms with E-state index in [1.54, 1.807) is 0 Å². The number of amides is 1. The van der Waals surface area contributed by atoms with Gasteiger partial charge in [0.2, 0.25) is 0 Å². The fraction of sp³-hybridized carbons (Fsp3) is 0.588. The number of aryl methyl sites for hydroxylation is 1. The lowest BCUT2D eigenvalue weighted by molar-refractivity contribution is 0.0930. The minimum absolute atomic E-state index is 0.0527. The summed E-state index contributed by atoms with van der Waals surface area (Å²) in [6.45, 7) is 4.92. The average Bonchev–Trinajstić information content (AvgIpc) is 2.48. The molecule has 0 saturated heterocycles. The largest absolute Gasteiger partial charge is 0.385 e. The first-order valence-corrected chi connectivity index (χ1v) is 9.12. The second kappa shape index (κ2) is 7.74. The van der Waals surface area contributed by atoms with Gasteiger partial charge in [0.1, 0.15) is 0 Å². The molecule has 0 aliphatic heterocycles. The first-order valence-electron chi connectivity index (χ1n) is 7.84. The van der Waals surface area contributed by atoms with Crippen LogP contribution in [0.25, 0.3) is 0 Å². The lowest BCUT2D eigenvalue weighted by atomic mass is 9.94. The third-order valence-corrected chi connectivity index (χ3v) is 5.28. The number of nitrogens with one attached hydrogen (secondary N) is 2. The Hall–Kier alpha value is -1.16.